The number of para-hydroxylation sites is 1. The first-order valence-electron chi connectivity index (χ1n) is 7.60. The summed E-state index contributed by atoms with van der Waals surface area (Å²) in [6.45, 7) is -0.490. The zero-order valence-electron chi connectivity index (χ0n) is 13.6. The van der Waals surface area contributed by atoms with Crippen LogP contribution >= 0.6 is 43.6 Å². The van der Waals surface area contributed by atoms with E-state index in [1.54, 1.807) is 18.2 Å². The van der Waals surface area contributed by atoms with Crippen LogP contribution in [0.25, 0.3) is 6.08 Å². The maximum absolute atomic E-state index is 12.3. The second-order valence-electron chi connectivity index (χ2n) is 5.31. The predicted octanol–water partition coefficient (Wildman–Crippen LogP) is 4.57. The summed E-state index contributed by atoms with van der Waals surface area (Å²) in [5, 5.41) is 12.1. The maximum Gasteiger partial charge on any atom is 0.341 e. The van der Waals surface area contributed by atoms with Crippen molar-refractivity contribution >= 4 is 72.4 Å². The van der Waals surface area contributed by atoms with Crippen molar-refractivity contribution in [2.24, 2.45) is 4.99 Å². The van der Waals surface area contributed by atoms with Crippen molar-refractivity contribution in [1.82, 2.24) is 5.32 Å². The van der Waals surface area contributed by atoms with E-state index in [0.717, 1.165) is 10.2 Å². The summed E-state index contributed by atoms with van der Waals surface area (Å²) in [7, 11) is 0. The molecule has 0 unspecified atom stereocenters. The smallest absolute Gasteiger partial charge is 0.341 e. The minimum atomic E-state index is -1.09. The molecule has 0 atom stereocenters. The number of benzene rings is 2. The molecule has 2 aromatic carbocycles. The summed E-state index contributed by atoms with van der Waals surface area (Å²) < 4.78 is 6.70. The van der Waals surface area contributed by atoms with Crippen LogP contribution in [0.5, 0.6) is 5.75 Å². The van der Waals surface area contributed by atoms with Crippen molar-refractivity contribution in [3.8, 4) is 5.75 Å². The van der Waals surface area contributed by atoms with Crippen molar-refractivity contribution < 1.29 is 19.4 Å². The van der Waals surface area contributed by atoms with Gasteiger partial charge in [-0.25, -0.2) is 9.79 Å². The molecule has 3 rings (SSSR count). The van der Waals surface area contributed by atoms with Gasteiger partial charge >= 0.3 is 5.97 Å². The second-order valence-corrected chi connectivity index (χ2v) is 8.11. The van der Waals surface area contributed by atoms with Gasteiger partial charge in [-0.1, -0.05) is 34.1 Å². The van der Waals surface area contributed by atoms with E-state index in [-0.39, 0.29) is 5.91 Å². The fourth-order valence-corrected chi connectivity index (χ4v) is 4.42. The van der Waals surface area contributed by atoms with Gasteiger partial charge in [0.25, 0.3) is 5.91 Å². The summed E-state index contributed by atoms with van der Waals surface area (Å²) in [5.74, 6) is -1.03. The number of amidine groups is 1. The summed E-state index contributed by atoms with van der Waals surface area (Å²) in [6, 6.07) is 12.8. The monoisotopic (exact) mass is 510 g/mol. The van der Waals surface area contributed by atoms with E-state index in [0.29, 0.717) is 25.9 Å². The lowest BCUT2D eigenvalue weighted by atomic mass is 10.2. The molecule has 1 fully saturated rings. The van der Waals surface area contributed by atoms with Gasteiger partial charge in [0.05, 0.1) is 15.1 Å². The Morgan fingerprint density at radius 2 is 2.00 bits per heavy atom. The van der Waals surface area contributed by atoms with E-state index in [4.69, 9.17) is 9.84 Å². The highest BCUT2D eigenvalue weighted by atomic mass is 79.9. The van der Waals surface area contributed by atoms with Crippen molar-refractivity contribution in [2.45, 2.75) is 0 Å². The van der Waals surface area contributed by atoms with Crippen molar-refractivity contribution in [1.29, 1.82) is 0 Å². The van der Waals surface area contributed by atoms with E-state index >= 15 is 0 Å². The molecule has 0 radical (unpaired) electrons. The number of carboxylic acid groups (broad SMARTS) is 1. The van der Waals surface area contributed by atoms with E-state index < -0.39 is 12.6 Å². The fraction of sp³-hybridized carbons (Fsp3) is 0.0556. The Morgan fingerprint density at radius 3 is 2.70 bits per heavy atom. The molecule has 6 nitrogen and oxygen atoms in total. The lowest BCUT2D eigenvalue weighted by Crippen LogP contribution is -2.19. The molecular weight excluding hydrogens is 500 g/mol. The van der Waals surface area contributed by atoms with Gasteiger partial charge in [0.2, 0.25) is 0 Å². The lowest BCUT2D eigenvalue weighted by molar-refractivity contribution is -0.139. The molecule has 1 saturated heterocycles. The van der Waals surface area contributed by atoms with E-state index in [1.165, 1.54) is 11.8 Å². The molecule has 9 heteroatoms. The van der Waals surface area contributed by atoms with Crippen LogP contribution in [0, 0.1) is 0 Å². The average molecular weight is 512 g/mol. The van der Waals surface area contributed by atoms with E-state index in [9.17, 15) is 9.59 Å². The third-order valence-electron chi connectivity index (χ3n) is 3.30. The highest BCUT2D eigenvalue weighted by Crippen LogP contribution is 2.36. The van der Waals surface area contributed by atoms with Gasteiger partial charge in [-0.2, -0.15) is 0 Å². The van der Waals surface area contributed by atoms with Gasteiger partial charge in [-0.05, 0) is 58.0 Å². The number of carboxylic acids is 1. The topological polar surface area (TPSA) is 88.0 Å². The van der Waals surface area contributed by atoms with Gasteiger partial charge in [-0.3, -0.25) is 4.79 Å². The highest BCUT2D eigenvalue weighted by molar-refractivity contribution is 9.11. The molecule has 1 aliphatic heterocycles. The molecular formula is C18H12Br2N2O4S. The van der Waals surface area contributed by atoms with Crippen LogP contribution in [0.1, 0.15) is 5.56 Å². The maximum atomic E-state index is 12.3. The summed E-state index contributed by atoms with van der Waals surface area (Å²) in [5.41, 5.74) is 1.30. The van der Waals surface area contributed by atoms with Crippen LogP contribution in [0.2, 0.25) is 0 Å². The van der Waals surface area contributed by atoms with Crippen LogP contribution in [-0.4, -0.2) is 28.8 Å². The third kappa shape index (κ3) is 5.21. The standard InChI is InChI=1S/C18H12Br2N2O4S/c19-11-6-10(16(13(20)8-11)26-9-15(23)24)7-14-17(25)22-18(27-14)21-12-4-2-1-3-5-12/h1-8H,9H2,(H,23,24)(H,21,22,25)/b14-7-. The van der Waals surface area contributed by atoms with Gasteiger partial charge in [-0.15, -0.1) is 0 Å². The van der Waals surface area contributed by atoms with Crippen LogP contribution in [-0.2, 0) is 9.59 Å². The first-order chi connectivity index (χ1) is 12.9. The average Bonchev–Trinajstić information content (AvgIpc) is 2.93. The number of nitrogens with one attached hydrogen (secondary N) is 1. The molecule has 0 saturated carbocycles. The van der Waals surface area contributed by atoms with Crippen molar-refractivity contribution in [3.05, 3.63) is 61.9 Å². The second kappa shape index (κ2) is 8.73. The Balaban J connectivity index is 1.91. The van der Waals surface area contributed by atoms with Crippen molar-refractivity contribution in [2.75, 3.05) is 6.61 Å². The zero-order chi connectivity index (χ0) is 19.4. The molecule has 2 N–H and O–H groups in total. The van der Waals surface area contributed by atoms with E-state index in [2.05, 4.69) is 42.2 Å². The Bertz CT molecular complexity index is 961. The number of amides is 1. The first kappa shape index (κ1) is 19.7. The van der Waals surface area contributed by atoms with Crippen molar-refractivity contribution in [3.63, 3.8) is 0 Å². The van der Waals surface area contributed by atoms with Gasteiger partial charge < -0.3 is 15.2 Å². The van der Waals surface area contributed by atoms with Crippen LogP contribution < -0.4 is 10.1 Å². The van der Waals surface area contributed by atoms with E-state index in [1.807, 2.05) is 30.3 Å². The quantitative estimate of drug-likeness (QED) is 0.574. The number of aliphatic carboxylic acids is 1. The molecule has 27 heavy (non-hydrogen) atoms. The molecule has 0 spiro atoms. The molecule has 1 heterocycles. The van der Waals surface area contributed by atoms with Gasteiger partial charge in [0.1, 0.15) is 5.75 Å². The Morgan fingerprint density at radius 1 is 1.26 bits per heavy atom. The Labute approximate surface area is 176 Å². The normalized spacial score (nSPS) is 16.6. The summed E-state index contributed by atoms with van der Waals surface area (Å²) in [4.78, 5) is 27.9. The zero-order valence-corrected chi connectivity index (χ0v) is 17.6. The van der Waals surface area contributed by atoms with Crippen LogP contribution in [0.4, 0.5) is 5.69 Å². The van der Waals surface area contributed by atoms with Gasteiger partial charge in [0, 0.05) is 10.0 Å². The number of ether oxygens (including phenoxy) is 1. The fourth-order valence-electron chi connectivity index (χ4n) is 2.22. The largest absolute Gasteiger partial charge is 0.480 e. The Kier molecular flexibility index (Phi) is 6.35. The molecule has 1 amide bonds. The minimum Gasteiger partial charge on any atom is -0.480 e. The molecule has 0 bridgehead atoms. The predicted molar refractivity (Wildman–Crippen MR) is 112 cm³/mol. The van der Waals surface area contributed by atoms with Crippen LogP contribution in [0.15, 0.2) is 61.3 Å². The summed E-state index contributed by atoms with van der Waals surface area (Å²) >= 11 is 7.95. The number of thioether (sulfide) groups is 1. The molecule has 0 aromatic heterocycles. The first-order valence-corrected chi connectivity index (χ1v) is 10.0. The lowest BCUT2D eigenvalue weighted by Gasteiger charge is -2.10. The molecule has 2 aromatic rings. The number of hydrogen-bond acceptors (Lipinski definition) is 5. The number of carbonyl (C=O) groups is 2. The Hall–Kier alpha value is -2.10. The van der Waals surface area contributed by atoms with Gasteiger partial charge in [0.15, 0.2) is 11.8 Å². The number of hydrogen-bond donors (Lipinski definition) is 2. The number of halogens is 2. The minimum absolute atomic E-state index is 0.282. The molecule has 138 valence electrons. The summed E-state index contributed by atoms with van der Waals surface area (Å²) in [6.07, 6.45) is 1.64. The third-order valence-corrected chi connectivity index (χ3v) is 5.26. The number of nitrogens with zero attached hydrogens (tertiary/aromatic N) is 1. The molecule has 0 aliphatic carbocycles. The number of rotatable bonds is 5. The SMILES string of the molecule is O=C(O)COc1c(Br)cc(Br)cc1/C=C1\SC(=Nc2ccccc2)NC1=O. The number of aliphatic imine (C=N–C) groups is 1. The molecule has 1 aliphatic rings. The van der Waals surface area contributed by atoms with Crippen LogP contribution in [0.3, 0.4) is 0 Å². The number of carbonyl (C=O) groups excluding carboxylic acids is 1. The highest BCUT2D eigenvalue weighted by Gasteiger charge is 2.24.